The highest BCUT2D eigenvalue weighted by Gasteiger charge is 2.29. The first-order valence-corrected chi connectivity index (χ1v) is 9.73. The van der Waals surface area contributed by atoms with Gasteiger partial charge >= 0.3 is 0 Å². The normalized spacial score (nSPS) is 13.3. The minimum absolute atomic E-state index is 0.0697. The summed E-state index contributed by atoms with van der Waals surface area (Å²) in [5.74, 6) is 0. The Labute approximate surface area is 148 Å². The lowest BCUT2D eigenvalue weighted by atomic mass is 9.78. The maximum Gasteiger partial charge on any atom is 0.293 e. The predicted molar refractivity (Wildman–Crippen MR) is 98.8 cm³/mol. The number of nitro groups is 1. The van der Waals surface area contributed by atoms with Gasteiger partial charge in [-0.3, -0.25) is 10.1 Å². The molecular formula is C18H22N2O4S. The Bertz CT molecular complexity index is 877. The van der Waals surface area contributed by atoms with Crippen molar-refractivity contribution >= 4 is 21.2 Å². The lowest BCUT2D eigenvalue weighted by Crippen LogP contribution is -2.37. The molecule has 0 aliphatic rings. The molecule has 6 nitrogen and oxygen atoms in total. The molecule has 0 aromatic heterocycles. The third kappa shape index (κ3) is 4.17. The largest absolute Gasteiger partial charge is 0.376 e. The van der Waals surface area contributed by atoms with Gasteiger partial charge in [0.1, 0.15) is 5.69 Å². The van der Waals surface area contributed by atoms with Gasteiger partial charge in [-0.15, -0.1) is 0 Å². The average molecular weight is 362 g/mol. The van der Waals surface area contributed by atoms with Crippen molar-refractivity contribution in [1.82, 2.24) is 0 Å². The molecule has 1 atom stereocenters. The molecular weight excluding hydrogens is 340 g/mol. The Hall–Kier alpha value is -2.41. The summed E-state index contributed by atoms with van der Waals surface area (Å²) in [7, 11) is -3.51. The van der Waals surface area contributed by atoms with E-state index in [0.717, 1.165) is 17.9 Å². The van der Waals surface area contributed by atoms with Crippen LogP contribution in [0.25, 0.3) is 0 Å². The molecule has 1 N–H and O–H groups in total. The van der Waals surface area contributed by atoms with Crippen molar-refractivity contribution in [3.8, 4) is 0 Å². The van der Waals surface area contributed by atoms with E-state index in [-0.39, 0.29) is 22.0 Å². The van der Waals surface area contributed by atoms with Gasteiger partial charge in [-0.05, 0) is 24.6 Å². The van der Waals surface area contributed by atoms with Crippen LogP contribution in [-0.2, 0) is 15.3 Å². The van der Waals surface area contributed by atoms with Crippen LogP contribution in [0.1, 0.15) is 26.3 Å². The molecule has 25 heavy (non-hydrogen) atoms. The second kappa shape index (κ2) is 6.84. The molecule has 1 unspecified atom stereocenters. The number of nitro benzene ring substituents is 1. The SMILES string of the molecule is CC(Nc1ccc(S(C)(=O)=O)cc1[N+](=O)[O-])C(C)(C)c1ccccc1. The summed E-state index contributed by atoms with van der Waals surface area (Å²) in [6, 6.07) is 13.7. The van der Waals surface area contributed by atoms with Crippen molar-refractivity contribution < 1.29 is 13.3 Å². The molecule has 0 bridgehead atoms. The fraction of sp³-hybridized carbons (Fsp3) is 0.333. The van der Waals surface area contributed by atoms with Crippen LogP contribution < -0.4 is 5.32 Å². The van der Waals surface area contributed by atoms with E-state index in [9.17, 15) is 18.5 Å². The summed E-state index contributed by atoms with van der Waals surface area (Å²) >= 11 is 0. The van der Waals surface area contributed by atoms with Crippen LogP contribution >= 0.6 is 0 Å². The summed E-state index contributed by atoms with van der Waals surface area (Å²) in [5.41, 5.74) is 0.864. The zero-order chi connectivity index (χ0) is 18.8. The Morgan fingerprint density at radius 1 is 1.12 bits per heavy atom. The molecule has 134 valence electrons. The third-order valence-electron chi connectivity index (χ3n) is 4.57. The highest BCUT2D eigenvalue weighted by atomic mass is 32.2. The quantitative estimate of drug-likeness (QED) is 0.624. The first kappa shape index (κ1) is 18.9. The molecule has 2 aromatic carbocycles. The van der Waals surface area contributed by atoms with E-state index >= 15 is 0 Å². The summed E-state index contributed by atoms with van der Waals surface area (Å²) in [6.45, 7) is 6.05. The number of hydrogen-bond acceptors (Lipinski definition) is 5. The van der Waals surface area contributed by atoms with Crippen LogP contribution in [0.4, 0.5) is 11.4 Å². The standard InChI is InChI=1S/C18H22N2O4S/c1-13(18(2,3)14-8-6-5-7-9-14)19-16-11-10-15(25(4,23)24)12-17(16)20(21)22/h5-13,19H,1-4H3. The van der Waals surface area contributed by atoms with E-state index in [0.29, 0.717) is 5.69 Å². The highest BCUT2D eigenvalue weighted by molar-refractivity contribution is 7.90. The van der Waals surface area contributed by atoms with E-state index < -0.39 is 14.8 Å². The van der Waals surface area contributed by atoms with Gasteiger partial charge in [0, 0.05) is 23.8 Å². The molecule has 0 radical (unpaired) electrons. The maximum absolute atomic E-state index is 11.6. The molecule has 2 aromatic rings. The number of nitrogens with one attached hydrogen (secondary N) is 1. The number of sulfone groups is 1. The van der Waals surface area contributed by atoms with Crippen LogP contribution in [0.3, 0.4) is 0 Å². The zero-order valence-electron chi connectivity index (χ0n) is 14.7. The fourth-order valence-corrected chi connectivity index (χ4v) is 3.19. The number of benzene rings is 2. The van der Waals surface area contributed by atoms with Gasteiger partial charge in [-0.2, -0.15) is 0 Å². The lowest BCUT2D eigenvalue weighted by molar-refractivity contribution is -0.384. The molecule has 0 saturated heterocycles. The first-order valence-electron chi connectivity index (χ1n) is 7.84. The number of anilines is 1. The summed E-state index contributed by atoms with van der Waals surface area (Å²) in [6.07, 6.45) is 1.03. The molecule has 0 fully saturated rings. The fourth-order valence-electron chi connectivity index (χ4n) is 2.55. The van der Waals surface area contributed by atoms with E-state index in [4.69, 9.17) is 0 Å². The molecule has 0 saturated carbocycles. The van der Waals surface area contributed by atoms with E-state index in [1.165, 1.54) is 12.1 Å². The van der Waals surface area contributed by atoms with Crippen LogP contribution in [0.2, 0.25) is 0 Å². The maximum atomic E-state index is 11.6. The molecule has 0 spiro atoms. The summed E-state index contributed by atoms with van der Waals surface area (Å²) in [4.78, 5) is 10.7. The van der Waals surface area contributed by atoms with Gasteiger partial charge in [-0.25, -0.2) is 8.42 Å². The Morgan fingerprint density at radius 2 is 1.72 bits per heavy atom. The first-order chi connectivity index (χ1) is 11.5. The molecule has 0 aliphatic heterocycles. The minimum atomic E-state index is -3.51. The number of rotatable bonds is 6. The summed E-state index contributed by atoms with van der Waals surface area (Å²) in [5, 5.41) is 14.5. The van der Waals surface area contributed by atoms with Crippen LogP contribution in [0.15, 0.2) is 53.4 Å². The molecule has 0 aliphatic carbocycles. The molecule has 0 amide bonds. The highest BCUT2D eigenvalue weighted by Crippen LogP contribution is 2.33. The second-order valence-electron chi connectivity index (χ2n) is 6.66. The Morgan fingerprint density at radius 3 is 2.24 bits per heavy atom. The van der Waals surface area contributed by atoms with Crippen LogP contribution in [0.5, 0.6) is 0 Å². The topological polar surface area (TPSA) is 89.3 Å². The monoisotopic (exact) mass is 362 g/mol. The van der Waals surface area contributed by atoms with Crippen LogP contribution in [0, 0.1) is 10.1 Å². The van der Waals surface area contributed by atoms with Crippen LogP contribution in [-0.4, -0.2) is 25.6 Å². The van der Waals surface area contributed by atoms with Gasteiger partial charge < -0.3 is 5.32 Å². The third-order valence-corrected chi connectivity index (χ3v) is 5.68. The van der Waals surface area contributed by atoms with Gasteiger partial charge in [-0.1, -0.05) is 44.2 Å². The van der Waals surface area contributed by atoms with Gasteiger partial charge in [0.25, 0.3) is 5.69 Å². The van der Waals surface area contributed by atoms with Crippen molar-refractivity contribution in [2.24, 2.45) is 0 Å². The van der Waals surface area contributed by atoms with Crippen molar-refractivity contribution in [3.05, 3.63) is 64.2 Å². The van der Waals surface area contributed by atoms with Gasteiger partial charge in [0.05, 0.1) is 9.82 Å². The number of hydrogen-bond donors (Lipinski definition) is 1. The van der Waals surface area contributed by atoms with Crippen molar-refractivity contribution in [1.29, 1.82) is 0 Å². The van der Waals surface area contributed by atoms with Gasteiger partial charge in [0.2, 0.25) is 0 Å². The van der Waals surface area contributed by atoms with Crippen molar-refractivity contribution in [3.63, 3.8) is 0 Å². The van der Waals surface area contributed by atoms with Crippen molar-refractivity contribution in [2.75, 3.05) is 11.6 Å². The Kier molecular flexibility index (Phi) is 5.17. The smallest absolute Gasteiger partial charge is 0.293 e. The van der Waals surface area contributed by atoms with Gasteiger partial charge in [0.15, 0.2) is 9.84 Å². The lowest BCUT2D eigenvalue weighted by Gasteiger charge is -2.33. The molecule has 7 heteroatoms. The average Bonchev–Trinajstić information content (AvgIpc) is 2.54. The van der Waals surface area contributed by atoms with E-state index in [1.54, 1.807) is 0 Å². The Balaban J connectivity index is 2.38. The predicted octanol–water partition coefficient (Wildman–Crippen LogP) is 3.78. The molecule has 0 heterocycles. The number of nitrogens with zero attached hydrogens (tertiary/aromatic N) is 1. The summed E-state index contributed by atoms with van der Waals surface area (Å²) < 4.78 is 23.3. The zero-order valence-corrected chi connectivity index (χ0v) is 15.5. The second-order valence-corrected chi connectivity index (χ2v) is 8.68. The molecule has 2 rings (SSSR count). The minimum Gasteiger partial charge on any atom is -0.376 e. The van der Waals surface area contributed by atoms with E-state index in [2.05, 4.69) is 19.2 Å². The van der Waals surface area contributed by atoms with Crippen molar-refractivity contribution in [2.45, 2.75) is 37.1 Å². The van der Waals surface area contributed by atoms with E-state index in [1.807, 2.05) is 37.3 Å².